The number of halogens is 1. The molecule has 0 aromatic heterocycles. The summed E-state index contributed by atoms with van der Waals surface area (Å²) >= 11 is 5.84. The van der Waals surface area contributed by atoms with Crippen molar-refractivity contribution in [2.24, 2.45) is 0 Å². The first-order valence-electron chi connectivity index (χ1n) is 7.65. The Bertz CT molecular complexity index is 607. The summed E-state index contributed by atoms with van der Waals surface area (Å²) in [4.78, 5) is 24.6. The van der Waals surface area contributed by atoms with Gasteiger partial charge in [0.1, 0.15) is 0 Å². The molecule has 0 saturated heterocycles. The van der Waals surface area contributed by atoms with Crippen LogP contribution in [-0.4, -0.2) is 22.4 Å². The van der Waals surface area contributed by atoms with E-state index in [9.17, 15) is 9.59 Å². The van der Waals surface area contributed by atoms with Gasteiger partial charge in [-0.1, -0.05) is 30.9 Å². The van der Waals surface area contributed by atoms with E-state index in [4.69, 9.17) is 11.6 Å². The second-order valence-corrected chi connectivity index (χ2v) is 6.60. The fourth-order valence-electron chi connectivity index (χ4n) is 1.78. The molecular weight excluding hydrogens is 312 g/mol. The van der Waals surface area contributed by atoms with E-state index in [1.54, 1.807) is 24.3 Å². The molecule has 2 amide bonds. The third-order valence-corrected chi connectivity index (χ3v) is 3.29. The third-order valence-electron chi connectivity index (χ3n) is 3.04. The van der Waals surface area contributed by atoms with Crippen molar-refractivity contribution in [3.8, 4) is 11.8 Å². The molecule has 0 aliphatic carbocycles. The van der Waals surface area contributed by atoms with Gasteiger partial charge in [-0.15, -0.1) is 0 Å². The predicted octanol–water partition coefficient (Wildman–Crippen LogP) is 3.81. The zero-order chi connectivity index (χ0) is 17.5. The largest absolute Gasteiger partial charge is 0.314 e. The Morgan fingerprint density at radius 1 is 1.22 bits per heavy atom. The number of nitrogens with one attached hydrogen (secondary N) is 1. The van der Waals surface area contributed by atoms with Crippen LogP contribution in [0.5, 0.6) is 0 Å². The fourth-order valence-corrected chi connectivity index (χ4v) is 1.91. The molecule has 0 heterocycles. The van der Waals surface area contributed by atoms with Crippen LogP contribution in [-0.2, 0) is 4.79 Å². The van der Waals surface area contributed by atoms with Gasteiger partial charge in [-0.05, 0) is 57.4 Å². The summed E-state index contributed by atoms with van der Waals surface area (Å²) in [5.74, 6) is 4.54. The lowest BCUT2D eigenvalue weighted by molar-refractivity contribution is -0.121. The van der Waals surface area contributed by atoms with Crippen LogP contribution < -0.4 is 5.43 Å². The van der Waals surface area contributed by atoms with Gasteiger partial charge in [-0.3, -0.25) is 15.0 Å². The van der Waals surface area contributed by atoms with Crippen LogP contribution in [0.15, 0.2) is 24.3 Å². The molecule has 1 aromatic rings. The molecule has 1 aromatic carbocycles. The number of hydrogen-bond donors (Lipinski definition) is 1. The van der Waals surface area contributed by atoms with Gasteiger partial charge in [-0.25, -0.2) is 5.01 Å². The van der Waals surface area contributed by atoms with Crippen LogP contribution in [0.25, 0.3) is 0 Å². The SMILES string of the molecule is CCCCC#CC(=O)NN(C(=O)c1ccc(Cl)cc1)C(C)(C)C. The van der Waals surface area contributed by atoms with Crippen LogP contribution >= 0.6 is 11.6 Å². The summed E-state index contributed by atoms with van der Waals surface area (Å²) in [6.07, 6.45) is 2.65. The number of hydrazine groups is 1. The molecule has 0 atom stereocenters. The smallest absolute Gasteiger partial charge is 0.267 e. The molecule has 1 N–H and O–H groups in total. The Hall–Kier alpha value is -1.99. The van der Waals surface area contributed by atoms with Crippen molar-refractivity contribution >= 4 is 23.4 Å². The minimum absolute atomic E-state index is 0.308. The molecule has 0 bridgehead atoms. The number of hydrogen-bond acceptors (Lipinski definition) is 2. The van der Waals surface area contributed by atoms with E-state index >= 15 is 0 Å². The monoisotopic (exact) mass is 334 g/mol. The van der Waals surface area contributed by atoms with Crippen molar-refractivity contribution in [3.63, 3.8) is 0 Å². The number of carbonyl (C=O) groups excluding carboxylic acids is 2. The molecular formula is C18H23ClN2O2. The first-order chi connectivity index (χ1) is 10.8. The van der Waals surface area contributed by atoms with Crippen molar-refractivity contribution in [1.82, 2.24) is 10.4 Å². The summed E-state index contributed by atoms with van der Waals surface area (Å²) < 4.78 is 0. The average Bonchev–Trinajstić information content (AvgIpc) is 2.48. The number of nitrogens with zero attached hydrogens (tertiary/aromatic N) is 1. The van der Waals surface area contributed by atoms with Gasteiger partial charge in [0.25, 0.3) is 5.91 Å². The molecule has 1 rings (SSSR count). The Morgan fingerprint density at radius 2 is 1.83 bits per heavy atom. The lowest BCUT2D eigenvalue weighted by Crippen LogP contribution is -2.55. The summed E-state index contributed by atoms with van der Waals surface area (Å²) in [6.45, 7) is 7.58. The maximum absolute atomic E-state index is 12.6. The quantitative estimate of drug-likeness (QED) is 0.519. The number of unbranched alkanes of at least 4 members (excludes halogenated alkanes) is 2. The highest BCUT2D eigenvalue weighted by molar-refractivity contribution is 6.30. The van der Waals surface area contributed by atoms with E-state index < -0.39 is 11.4 Å². The highest BCUT2D eigenvalue weighted by atomic mass is 35.5. The highest BCUT2D eigenvalue weighted by Crippen LogP contribution is 2.17. The molecule has 5 heteroatoms. The van der Waals surface area contributed by atoms with Gasteiger partial charge in [0.05, 0.1) is 5.54 Å². The van der Waals surface area contributed by atoms with Gasteiger partial charge in [-0.2, -0.15) is 0 Å². The molecule has 4 nitrogen and oxygen atoms in total. The number of carbonyl (C=O) groups is 2. The number of amides is 2. The van der Waals surface area contributed by atoms with Crippen molar-refractivity contribution in [1.29, 1.82) is 0 Å². The van der Waals surface area contributed by atoms with Gasteiger partial charge in [0, 0.05) is 17.0 Å². The van der Waals surface area contributed by atoms with Crippen LogP contribution in [0.2, 0.25) is 5.02 Å². The molecule has 0 fully saturated rings. The average molecular weight is 335 g/mol. The first-order valence-corrected chi connectivity index (χ1v) is 8.03. The van der Waals surface area contributed by atoms with E-state index in [0.29, 0.717) is 17.0 Å². The highest BCUT2D eigenvalue weighted by Gasteiger charge is 2.28. The van der Waals surface area contributed by atoms with Gasteiger partial charge in [0.15, 0.2) is 0 Å². The standard InChI is InChI=1S/C18H23ClN2O2/c1-5-6-7-8-9-16(22)20-21(18(2,3)4)17(23)14-10-12-15(19)13-11-14/h10-13H,5-7H2,1-4H3,(H,20,22). The lowest BCUT2D eigenvalue weighted by atomic mass is 10.1. The second kappa shape index (κ2) is 8.59. The Labute approximate surface area is 143 Å². The van der Waals surface area contributed by atoms with Crippen molar-refractivity contribution < 1.29 is 9.59 Å². The van der Waals surface area contributed by atoms with Gasteiger partial charge in [0.2, 0.25) is 0 Å². The maximum Gasteiger partial charge on any atom is 0.314 e. The Morgan fingerprint density at radius 3 is 2.35 bits per heavy atom. The molecule has 124 valence electrons. The summed E-state index contributed by atoms with van der Waals surface area (Å²) in [7, 11) is 0. The van der Waals surface area contributed by atoms with Gasteiger partial charge >= 0.3 is 5.91 Å². The zero-order valence-electron chi connectivity index (χ0n) is 14.1. The number of rotatable bonds is 3. The number of benzene rings is 1. The maximum atomic E-state index is 12.6. The van der Waals surface area contributed by atoms with E-state index in [-0.39, 0.29) is 5.91 Å². The Balaban J connectivity index is 2.88. The van der Waals surface area contributed by atoms with Crippen molar-refractivity contribution in [2.45, 2.75) is 52.5 Å². The zero-order valence-corrected chi connectivity index (χ0v) is 14.8. The molecule has 0 aliphatic rings. The molecule has 23 heavy (non-hydrogen) atoms. The van der Waals surface area contributed by atoms with E-state index in [0.717, 1.165) is 12.8 Å². The van der Waals surface area contributed by atoms with E-state index in [2.05, 4.69) is 24.2 Å². The fraction of sp³-hybridized carbons (Fsp3) is 0.444. The molecule has 0 saturated carbocycles. The molecule has 0 radical (unpaired) electrons. The van der Waals surface area contributed by atoms with Crippen molar-refractivity contribution in [3.05, 3.63) is 34.9 Å². The minimum atomic E-state index is -0.586. The third kappa shape index (κ3) is 6.33. The molecule has 0 aliphatic heterocycles. The second-order valence-electron chi connectivity index (χ2n) is 6.16. The van der Waals surface area contributed by atoms with E-state index in [1.165, 1.54) is 5.01 Å². The molecule has 0 spiro atoms. The summed E-state index contributed by atoms with van der Waals surface area (Å²) in [6, 6.07) is 6.54. The lowest BCUT2D eigenvalue weighted by Gasteiger charge is -2.34. The van der Waals surface area contributed by atoms with Gasteiger partial charge < -0.3 is 0 Å². The van der Waals surface area contributed by atoms with Crippen LogP contribution in [0, 0.1) is 11.8 Å². The van der Waals surface area contributed by atoms with Crippen molar-refractivity contribution in [2.75, 3.05) is 0 Å². The topological polar surface area (TPSA) is 49.4 Å². The molecule has 0 unspecified atom stereocenters. The first kappa shape index (κ1) is 19.1. The minimum Gasteiger partial charge on any atom is -0.267 e. The van der Waals surface area contributed by atoms with Crippen LogP contribution in [0.4, 0.5) is 0 Å². The summed E-state index contributed by atoms with van der Waals surface area (Å²) in [5, 5.41) is 1.85. The van der Waals surface area contributed by atoms with E-state index in [1.807, 2.05) is 20.8 Å². The Kier molecular flexibility index (Phi) is 7.12. The summed E-state index contributed by atoms with van der Waals surface area (Å²) in [5.41, 5.74) is 2.45. The predicted molar refractivity (Wildman–Crippen MR) is 92.8 cm³/mol. The normalized spacial score (nSPS) is 10.5. The van der Waals surface area contributed by atoms with Crippen LogP contribution in [0.1, 0.15) is 57.3 Å². The van der Waals surface area contributed by atoms with Crippen LogP contribution in [0.3, 0.4) is 0 Å².